The summed E-state index contributed by atoms with van der Waals surface area (Å²) in [5, 5.41) is 26.6. The number of ether oxygens (including phenoxy) is 1. The number of amides is 2. The van der Waals surface area contributed by atoms with Gasteiger partial charge in [0.05, 0.1) is 12.2 Å². The van der Waals surface area contributed by atoms with E-state index in [9.17, 15) is 52.9 Å². The van der Waals surface area contributed by atoms with Crippen molar-refractivity contribution in [3.63, 3.8) is 0 Å². The van der Waals surface area contributed by atoms with Crippen LogP contribution in [0, 0.1) is 0 Å². The first-order valence-corrected chi connectivity index (χ1v) is 31.3. The number of benzene rings is 3. The van der Waals surface area contributed by atoms with Crippen LogP contribution in [0.2, 0.25) is 0 Å². The molecular weight excluding hydrogens is 1100 g/mol. The van der Waals surface area contributed by atoms with Gasteiger partial charge >= 0.3 is 29.2 Å². The Morgan fingerprint density at radius 3 is 2.39 bits per heavy atom. The number of nitrogens with one attached hydrogen (secondary N) is 2. The first-order chi connectivity index (χ1) is 37.5. The van der Waals surface area contributed by atoms with Gasteiger partial charge in [0, 0.05) is 85.5 Å². The molecule has 5 heterocycles. The van der Waals surface area contributed by atoms with Crippen molar-refractivity contribution in [1.29, 1.82) is 0 Å². The number of H-pyrrole nitrogens is 1. The van der Waals surface area contributed by atoms with Crippen LogP contribution in [-0.4, -0.2) is 126 Å². The number of aliphatic hydroxyl groups is 2. The van der Waals surface area contributed by atoms with E-state index >= 15 is 0 Å². The van der Waals surface area contributed by atoms with Gasteiger partial charge in [0.25, 0.3) is 11.5 Å². The molecule has 1 fully saturated rings. The van der Waals surface area contributed by atoms with Gasteiger partial charge < -0.3 is 49.6 Å². The summed E-state index contributed by atoms with van der Waals surface area (Å²) in [5.74, 6) is -0.195. The molecule has 1 saturated heterocycles. The second-order valence-electron chi connectivity index (χ2n) is 22.4. The number of aryl methyl sites for hydroxylation is 1. The SMILES string of the molecule is CCN1c2cc3c(cc2C(C)CC1(C)C)C(c1ccccc1C(=O)N(C)CCCC(=O)NC/C=C/c1cn([C@@H]2O[C@H](COP(=O)(O)OP(=O)(O)OP(=O)(O)O)[C@@H](O)[C@H]2O)c(=O)[nH]c1=O)=c1cc2c4c(c1C3(C)C)CCC[N+]=4CCC2. The van der Waals surface area contributed by atoms with Crippen LogP contribution in [0.3, 0.4) is 0 Å². The molecule has 0 saturated carbocycles. The lowest BCUT2D eigenvalue weighted by molar-refractivity contribution is -0.121. The number of anilines is 1. The van der Waals surface area contributed by atoms with Crippen molar-refractivity contribution in [3.05, 3.63) is 136 Å². The molecular formula is C54H70N6O17P3+. The number of aromatic amines is 1. The quantitative estimate of drug-likeness (QED) is 0.0522. The molecule has 3 aromatic carbocycles. The number of fused-ring (bicyclic) bond motifs is 4. The Hall–Kier alpha value is -5.22. The third-order valence-corrected chi connectivity index (χ3v) is 19.8. The summed E-state index contributed by atoms with van der Waals surface area (Å²) >= 11 is 0. The van der Waals surface area contributed by atoms with Gasteiger partial charge in [0.1, 0.15) is 31.4 Å². The topological polar surface area (TPSA) is 320 Å². The van der Waals surface area contributed by atoms with Gasteiger partial charge in [-0.1, -0.05) is 51.1 Å². The monoisotopic (exact) mass is 1170 g/mol. The van der Waals surface area contributed by atoms with Crippen molar-refractivity contribution in [2.45, 2.75) is 128 Å². The molecule has 1 aliphatic carbocycles. The van der Waals surface area contributed by atoms with E-state index in [0.29, 0.717) is 22.5 Å². The number of carbonyl (C=O) groups is 2. The molecule has 7 atom stereocenters. The number of aliphatic hydroxyl groups excluding tert-OH is 2. The third kappa shape index (κ3) is 11.9. The highest BCUT2D eigenvalue weighted by Crippen LogP contribution is 2.66. The lowest BCUT2D eigenvalue weighted by atomic mass is 9.64. The largest absolute Gasteiger partial charge is 0.490 e. The Balaban J connectivity index is 0.887. The molecule has 3 unspecified atom stereocenters. The highest BCUT2D eigenvalue weighted by Gasteiger charge is 2.48. The molecule has 26 heteroatoms. The standard InChI is InChI=1S/C54H69N6O17P3/c1-8-60-41-27-40-38(26-37(41)31(2)28-53(60,3)4)44(39-25-32-16-12-23-58-24-13-19-36(46(32)58)45(39)54(40,5)6)34-17-9-10-18-35(34)50(65)57(7)22-14-20-43(61)55-21-11-15-33-29-59(52(66)56-49(33)64)51-48(63)47(62)42(75-51)30-74-79(70,71)77-80(72,73)76-78(67,68)69/h9-11,15,17-18,25-27,29,31,42,47-48,51,62-63H,8,12-14,16,19-24,28,30H2,1-7H3,(H5-,55,56,61,64,66,67,68,69,70,71,72,73)/p+1/b15-11+/t31?,42-,47-,48-,51-/m1/s1. The zero-order chi connectivity index (χ0) is 58.0. The van der Waals surface area contributed by atoms with E-state index in [1.165, 1.54) is 56.2 Å². The summed E-state index contributed by atoms with van der Waals surface area (Å²) in [6.45, 7) is 16.1. The Kier molecular flexibility index (Phi) is 16.7. The molecule has 9 rings (SSSR count). The minimum atomic E-state index is -5.85. The number of carbonyl (C=O) groups excluding carboxylic acids is 2. The first kappa shape index (κ1) is 59.4. The fraction of sp³-hybridized carbons (Fsp3) is 0.500. The summed E-state index contributed by atoms with van der Waals surface area (Å²) < 4.78 is 55.4. The van der Waals surface area contributed by atoms with E-state index in [1.807, 2.05) is 23.2 Å². The average molecular weight is 1170 g/mol. The van der Waals surface area contributed by atoms with E-state index in [0.717, 1.165) is 74.6 Å². The maximum Gasteiger partial charge on any atom is 0.490 e. The van der Waals surface area contributed by atoms with E-state index in [-0.39, 0.29) is 47.8 Å². The minimum absolute atomic E-state index is 0.0216. The number of nitrogens with zero attached hydrogens (tertiary/aromatic N) is 4. The average Bonchev–Trinajstić information content (AvgIpc) is 2.95. The molecule has 0 bridgehead atoms. The van der Waals surface area contributed by atoms with Gasteiger partial charge in [-0.15, -0.1) is 0 Å². The lowest BCUT2D eigenvalue weighted by Crippen LogP contribution is -2.50. The molecule has 4 aliphatic heterocycles. The van der Waals surface area contributed by atoms with Crippen molar-refractivity contribution in [2.75, 3.05) is 51.3 Å². The van der Waals surface area contributed by atoms with Gasteiger partial charge in [-0.3, -0.25) is 28.5 Å². The molecule has 0 radical (unpaired) electrons. The fourth-order valence-corrected chi connectivity index (χ4v) is 15.7. The zero-order valence-corrected chi connectivity index (χ0v) is 48.3. The van der Waals surface area contributed by atoms with Gasteiger partial charge in [-0.2, -0.15) is 8.62 Å². The highest BCUT2D eigenvalue weighted by atomic mass is 31.3. The molecule has 8 N–H and O–H groups in total. The lowest BCUT2D eigenvalue weighted by Gasteiger charge is -2.48. The van der Waals surface area contributed by atoms with Crippen LogP contribution >= 0.6 is 23.5 Å². The highest BCUT2D eigenvalue weighted by molar-refractivity contribution is 7.66. The predicted molar refractivity (Wildman–Crippen MR) is 295 cm³/mol. The summed E-state index contributed by atoms with van der Waals surface area (Å²) in [7, 11) is -15.4. The molecule has 5 aliphatic rings. The van der Waals surface area contributed by atoms with Crippen molar-refractivity contribution < 1.29 is 71.0 Å². The maximum atomic E-state index is 14.8. The van der Waals surface area contributed by atoms with Crippen molar-refractivity contribution >= 4 is 52.6 Å². The predicted octanol–water partition coefficient (Wildman–Crippen LogP) is 3.56. The van der Waals surface area contributed by atoms with Crippen molar-refractivity contribution in [1.82, 2.24) is 24.3 Å². The van der Waals surface area contributed by atoms with Gasteiger partial charge in [-0.05, 0) is 115 Å². The minimum Gasteiger partial charge on any atom is -0.387 e. The van der Waals surface area contributed by atoms with Gasteiger partial charge in [0.15, 0.2) is 6.23 Å². The summed E-state index contributed by atoms with van der Waals surface area (Å²) in [6, 6.07) is 15.2. The van der Waals surface area contributed by atoms with Crippen LogP contribution in [0.25, 0.3) is 11.6 Å². The van der Waals surface area contributed by atoms with E-state index < -0.39 is 65.9 Å². The van der Waals surface area contributed by atoms with E-state index in [1.54, 1.807) is 11.9 Å². The van der Waals surface area contributed by atoms with Gasteiger partial charge in [-0.25, -0.2) is 23.1 Å². The smallest absolute Gasteiger partial charge is 0.387 e. The Morgan fingerprint density at radius 2 is 1.68 bits per heavy atom. The molecule has 80 heavy (non-hydrogen) atoms. The second-order valence-corrected chi connectivity index (χ2v) is 26.8. The van der Waals surface area contributed by atoms with Crippen LogP contribution in [0.4, 0.5) is 5.69 Å². The van der Waals surface area contributed by atoms with Crippen LogP contribution in [-0.2, 0) is 54.6 Å². The van der Waals surface area contributed by atoms with Crippen LogP contribution in [0.1, 0.15) is 141 Å². The third-order valence-electron chi connectivity index (χ3n) is 16.0. The summed E-state index contributed by atoms with van der Waals surface area (Å²) in [6.07, 6.45) is 2.03. The van der Waals surface area contributed by atoms with Crippen LogP contribution in [0.5, 0.6) is 0 Å². The Bertz CT molecular complexity index is 3590. The zero-order valence-electron chi connectivity index (χ0n) is 45.7. The normalized spacial score (nSPS) is 23.4. The summed E-state index contributed by atoms with van der Waals surface area (Å²) in [4.78, 5) is 96.5. The van der Waals surface area contributed by atoms with Crippen molar-refractivity contribution in [3.8, 4) is 0 Å². The number of rotatable bonds is 18. The maximum absolute atomic E-state index is 14.8. The first-order valence-electron chi connectivity index (χ1n) is 26.7. The van der Waals surface area contributed by atoms with Crippen LogP contribution in [0.15, 0.2) is 64.3 Å². The summed E-state index contributed by atoms with van der Waals surface area (Å²) in [5.41, 5.74) is 9.23. The number of hydrogen-bond donors (Lipinski definition) is 8. The number of phosphoric ester groups is 1. The molecule has 1 aromatic heterocycles. The molecule has 2 amide bonds. The second kappa shape index (κ2) is 22.5. The number of phosphoric acid groups is 3. The Morgan fingerprint density at radius 1 is 0.963 bits per heavy atom. The van der Waals surface area contributed by atoms with Crippen LogP contribution < -0.4 is 36.6 Å². The van der Waals surface area contributed by atoms with E-state index in [2.05, 4.69) is 93.7 Å². The molecule has 4 aromatic rings. The molecule has 432 valence electrons. The molecule has 0 spiro atoms. The van der Waals surface area contributed by atoms with E-state index in [4.69, 9.17) is 14.5 Å². The fourth-order valence-electron chi connectivity index (χ4n) is 12.7. The molecule has 23 nitrogen and oxygen atoms in total. The number of hydrogen-bond acceptors (Lipinski definition) is 14. The van der Waals surface area contributed by atoms with Gasteiger partial charge in [0.2, 0.25) is 11.3 Å². The van der Waals surface area contributed by atoms with Crippen molar-refractivity contribution in [2.24, 2.45) is 0 Å². The Labute approximate surface area is 461 Å². The number of aromatic nitrogens is 2.